The maximum Gasteiger partial charge on any atom is 0.416 e. The number of amides is 1. The lowest BCUT2D eigenvalue weighted by molar-refractivity contribution is -0.137. The lowest BCUT2D eigenvalue weighted by atomic mass is 10.1. The van der Waals surface area contributed by atoms with E-state index in [9.17, 15) is 22.4 Å². The van der Waals surface area contributed by atoms with Crippen molar-refractivity contribution in [3.8, 4) is 0 Å². The summed E-state index contributed by atoms with van der Waals surface area (Å²) in [7, 11) is 0. The van der Waals surface area contributed by atoms with Gasteiger partial charge in [-0.15, -0.1) is 0 Å². The molecule has 2 aromatic rings. The standard InChI is InChI=1S/C19H18F4N2O/c20-17-6-1-3-14(11-17)13-24-7-9-25(10-8-24)18(26)15-4-2-5-16(12-15)19(21,22)23/h1-6,11-12H,7-10,13H2. The van der Waals surface area contributed by atoms with Crippen molar-refractivity contribution in [1.29, 1.82) is 0 Å². The molecule has 0 bridgehead atoms. The first-order chi connectivity index (χ1) is 12.3. The molecule has 0 aliphatic carbocycles. The van der Waals surface area contributed by atoms with Gasteiger partial charge >= 0.3 is 6.18 Å². The summed E-state index contributed by atoms with van der Waals surface area (Å²) >= 11 is 0. The van der Waals surface area contributed by atoms with E-state index >= 15 is 0 Å². The fraction of sp³-hybridized carbons (Fsp3) is 0.316. The Morgan fingerprint density at radius 3 is 2.31 bits per heavy atom. The van der Waals surface area contributed by atoms with Crippen LogP contribution in [0.15, 0.2) is 48.5 Å². The Morgan fingerprint density at radius 1 is 0.962 bits per heavy atom. The van der Waals surface area contributed by atoms with E-state index in [1.807, 2.05) is 6.07 Å². The minimum atomic E-state index is -4.47. The molecule has 0 N–H and O–H groups in total. The van der Waals surface area contributed by atoms with Crippen molar-refractivity contribution in [2.75, 3.05) is 26.2 Å². The molecule has 0 radical (unpaired) electrons. The van der Waals surface area contributed by atoms with E-state index in [0.717, 1.165) is 17.7 Å². The van der Waals surface area contributed by atoms with Crippen LogP contribution in [0, 0.1) is 5.82 Å². The van der Waals surface area contributed by atoms with Gasteiger partial charge in [0.15, 0.2) is 0 Å². The van der Waals surface area contributed by atoms with Crippen LogP contribution in [0.3, 0.4) is 0 Å². The third-order valence-electron chi connectivity index (χ3n) is 4.39. The average Bonchev–Trinajstić information content (AvgIpc) is 2.61. The number of nitrogens with zero attached hydrogens (tertiary/aromatic N) is 2. The van der Waals surface area contributed by atoms with Crippen molar-refractivity contribution >= 4 is 5.91 Å². The highest BCUT2D eigenvalue weighted by Gasteiger charge is 2.31. The minimum Gasteiger partial charge on any atom is -0.336 e. The van der Waals surface area contributed by atoms with E-state index in [1.165, 1.54) is 24.3 Å². The maximum atomic E-state index is 13.2. The molecule has 0 aromatic heterocycles. The van der Waals surface area contributed by atoms with Crippen molar-refractivity contribution in [2.24, 2.45) is 0 Å². The second-order valence-electron chi connectivity index (χ2n) is 6.28. The minimum absolute atomic E-state index is 0.0402. The lowest BCUT2D eigenvalue weighted by Gasteiger charge is -2.34. The van der Waals surface area contributed by atoms with Crippen molar-refractivity contribution in [1.82, 2.24) is 9.80 Å². The van der Waals surface area contributed by atoms with Crippen LogP contribution >= 0.6 is 0 Å². The van der Waals surface area contributed by atoms with E-state index < -0.39 is 17.6 Å². The zero-order valence-corrected chi connectivity index (χ0v) is 14.0. The molecule has 0 unspecified atom stereocenters. The summed E-state index contributed by atoms with van der Waals surface area (Å²) in [5, 5.41) is 0. The molecule has 3 rings (SSSR count). The summed E-state index contributed by atoms with van der Waals surface area (Å²) in [6.07, 6.45) is -4.47. The van der Waals surface area contributed by atoms with Crippen LogP contribution < -0.4 is 0 Å². The Balaban J connectivity index is 1.60. The van der Waals surface area contributed by atoms with Gasteiger partial charge in [-0.05, 0) is 35.9 Å². The Kier molecular flexibility index (Phi) is 5.27. The predicted octanol–water partition coefficient (Wildman–Crippen LogP) is 3.80. The fourth-order valence-electron chi connectivity index (χ4n) is 3.01. The van der Waals surface area contributed by atoms with E-state index in [-0.39, 0.29) is 11.4 Å². The molecule has 7 heteroatoms. The van der Waals surface area contributed by atoms with Gasteiger partial charge in [-0.1, -0.05) is 18.2 Å². The zero-order chi connectivity index (χ0) is 18.7. The molecule has 1 heterocycles. The van der Waals surface area contributed by atoms with Gasteiger partial charge in [0.05, 0.1) is 5.56 Å². The molecule has 1 saturated heterocycles. The van der Waals surface area contributed by atoms with E-state index in [4.69, 9.17) is 0 Å². The molecule has 138 valence electrons. The van der Waals surface area contributed by atoms with Gasteiger partial charge in [-0.25, -0.2) is 4.39 Å². The van der Waals surface area contributed by atoms with Crippen LogP contribution in [-0.4, -0.2) is 41.9 Å². The highest BCUT2D eigenvalue weighted by molar-refractivity contribution is 5.94. The maximum absolute atomic E-state index is 13.2. The smallest absolute Gasteiger partial charge is 0.336 e. The monoisotopic (exact) mass is 366 g/mol. The first-order valence-electron chi connectivity index (χ1n) is 8.26. The SMILES string of the molecule is O=C(c1cccc(C(F)(F)F)c1)N1CCN(Cc2cccc(F)c2)CC1. The quantitative estimate of drug-likeness (QED) is 0.772. The van der Waals surface area contributed by atoms with Crippen LogP contribution in [-0.2, 0) is 12.7 Å². The molecule has 1 fully saturated rings. The van der Waals surface area contributed by atoms with E-state index in [1.54, 1.807) is 11.0 Å². The van der Waals surface area contributed by atoms with Crippen LogP contribution in [0.25, 0.3) is 0 Å². The van der Waals surface area contributed by atoms with Crippen LogP contribution in [0.1, 0.15) is 21.5 Å². The Morgan fingerprint density at radius 2 is 1.65 bits per heavy atom. The number of halogens is 4. The second-order valence-corrected chi connectivity index (χ2v) is 6.28. The zero-order valence-electron chi connectivity index (χ0n) is 14.0. The number of carbonyl (C=O) groups excluding carboxylic acids is 1. The summed E-state index contributed by atoms with van der Waals surface area (Å²) in [4.78, 5) is 16.1. The Labute approximate surface area is 148 Å². The van der Waals surface area contributed by atoms with Gasteiger partial charge in [-0.3, -0.25) is 9.69 Å². The molecule has 0 atom stereocenters. The molecule has 0 spiro atoms. The van der Waals surface area contributed by atoms with Crippen LogP contribution in [0.5, 0.6) is 0 Å². The molecule has 26 heavy (non-hydrogen) atoms. The predicted molar refractivity (Wildman–Crippen MR) is 89.0 cm³/mol. The van der Waals surface area contributed by atoms with Crippen LogP contribution in [0.2, 0.25) is 0 Å². The van der Waals surface area contributed by atoms with Crippen molar-refractivity contribution in [3.63, 3.8) is 0 Å². The highest BCUT2D eigenvalue weighted by atomic mass is 19.4. The fourth-order valence-corrected chi connectivity index (χ4v) is 3.01. The number of piperazine rings is 1. The third-order valence-corrected chi connectivity index (χ3v) is 4.39. The summed E-state index contributed by atoms with van der Waals surface area (Å²) < 4.78 is 51.6. The molecule has 1 amide bonds. The van der Waals surface area contributed by atoms with E-state index in [0.29, 0.717) is 32.7 Å². The van der Waals surface area contributed by atoms with Gasteiger partial charge in [0.1, 0.15) is 5.82 Å². The molecular weight excluding hydrogens is 348 g/mol. The number of alkyl halides is 3. The summed E-state index contributed by atoms with van der Waals surface area (Å²) in [6.45, 7) is 2.58. The normalized spacial score (nSPS) is 15.9. The van der Waals surface area contributed by atoms with Gasteiger partial charge < -0.3 is 4.90 Å². The molecular formula is C19H18F4N2O. The van der Waals surface area contributed by atoms with Gasteiger partial charge in [0.25, 0.3) is 5.91 Å². The molecule has 1 aliphatic rings. The number of benzene rings is 2. The summed E-state index contributed by atoms with van der Waals surface area (Å²) in [5.41, 5.74) is 0.0640. The lowest BCUT2D eigenvalue weighted by Crippen LogP contribution is -2.48. The van der Waals surface area contributed by atoms with Crippen LogP contribution in [0.4, 0.5) is 17.6 Å². The molecule has 3 nitrogen and oxygen atoms in total. The first-order valence-corrected chi connectivity index (χ1v) is 8.26. The largest absolute Gasteiger partial charge is 0.416 e. The molecule has 2 aromatic carbocycles. The van der Waals surface area contributed by atoms with Crippen molar-refractivity contribution in [2.45, 2.75) is 12.7 Å². The topological polar surface area (TPSA) is 23.6 Å². The van der Waals surface area contributed by atoms with Gasteiger partial charge in [0.2, 0.25) is 0 Å². The summed E-state index contributed by atoms with van der Waals surface area (Å²) in [6, 6.07) is 10.8. The number of hydrogen-bond acceptors (Lipinski definition) is 2. The van der Waals surface area contributed by atoms with E-state index in [2.05, 4.69) is 4.90 Å². The van der Waals surface area contributed by atoms with Crippen molar-refractivity contribution in [3.05, 3.63) is 71.0 Å². The number of rotatable bonds is 3. The number of carbonyl (C=O) groups is 1. The third kappa shape index (κ3) is 4.40. The Hall–Kier alpha value is -2.41. The average molecular weight is 366 g/mol. The van der Waals surface area contributed by atoms with Gasteiger partial charge in [-0.2, -0.15) is 13.2 Å². The Bertz CT molecular complexity index is 783. The molecule has 1 aliphatic heterocycles. The number of hydrogen-bond donors (Lipinski definition) is 0. The highest BCUT2D eigenvalue weighted by Crippen LogP contribution is 2.29. The van der Waals surface area contributed by atoms with Gasteiger partial charge in [0, 0.05) is 38.3 Å². The van der Waals surface area contributed by atoms with Crippen molar-refractivity contribution < 1.29 is 22.4 Å². The summed E-state index contributed by atoms with van der Waals surface area (Å²) in [5.74, 6) is -0.692. The molecule has 0 saturated carbocycles. The first kappa shape index (κ1) is 18.4. The second kappa shape index (κ2) is 7.45.